The quantitative estimate of drug-likeness (QED) is 0.646. The molecule has 8 nitrogen and oxygen atoms in total. The van der Waals surface area contributed by atoms with Crippen LogP contribution >= 0.6 is 11.3 Å². The molecule has 1 aromatic heterocycles. The summed E-state index contributed by atoms with van der Waals surface area (Å²) in [5.41, 5.74) is 1.67. The van der Waals surface area contributed by atoms with Gasteiger partial charge in [0.1, 0.15) is 5.75 Å². The van der Waals surface area contributed by atoms with Gasteiger partial charge in [0, 0.05) is 16.6 Å². The molecule has 2 aromatic carbocycles. The fourth-order valence-electron chi connectivity index (χ4n) is 2.70. The highest BCUT2D eigenvalue weighted by atomic mass is 32.1. The molecule has 0 atom stereocenters. The number of amides is 2. The molecule has 148 valence electrons. The topological polar surface area (TPSA) is 98.8 Å². The maximum absolute atomic E-state index is 12.4. The van der Waals surface area contributed by atoms with Crippen LogP contribution in [0.3, 0.4) is 0 Å². The van der Waals surface area contributed by atoms with Crippen molar-refractivity contribution in [2.75, 3.05) is 24.5 Å². The van der Waals surface area contributed by atoms with E-state index in [-0.39, 0.29) is 25.0 Å². The van der Waals surface area contributed by atoms with Crippen molar-refractivity contribution in [2.45, 2.75) is 6.42 Å². The van der Waals surface area contributed by atoms with Crippen LogP contribution in [0.15, 0.2) is 47.8 Å². The van der Waals surface area contributed by atoms with E-state index < -0.39 is 0 Å². The van der Waals surface area contributed by atoms with Crippen LogP contribution in [0.2, 0.25) is 0 Å². The van der Waals surface area contributed by atoms with Crippen molar-refractivity contribution >= 4 is 34.0 Å². The molecule has 0 unspecified atom stereocenters. The second-order valence-electron chi connectivity index (χ2n) is 6.12. The zero-order valence-corrected chi connectivity index (χ0v) is 16.2. The Bertz CT molecular complexity index is 1050. The highest BCUT2D eigenvalue weighted by molar-refractivity contribution is 7.14. The number of nitrogens with zero attached hydrogens (tertiary/aromatic N) is 1. The summed E-state index contributed by atoms with van der Waals surface area (Å²) in [7, 11) is 1.58. The number of carbonyl (C=O) groups is 2. The van der Waals surface area contributed by atoms with E-state index in [9.17, 15) is 9.59 Å². The van der Waals surface area contributed by atoms with Crippen LogP contribution in [0.4, 0.5) is 10.8 Å². The maximum Gasteiger partial charge on any atom is 0.257 e. The number of aromatic nitrogens is 1. The van der Waals surface area contributed by atoms with E-state index in [1.165, 1.54) is 11.3 Å². The van der Waals surface area contributed by atoms with Crippen LogP contribution < -0.4 is 24.8 Å². The second kappa shape index (κ2) is 8.19. The van der Waals surface area contributed by atoms with Crippen molar-refractivity contribution in [3.63, 3.8) is 0 Å². The number of hydrogen-bond acceptors (Lipinski definition) is 7. The van der Waals surface area contributed by atoms with Gasteiger partial charge in [0.05, 0.1) is 19.2 Å². The number of benzene rings is 2. The number of nitrogens with one attached hydrogen (secondary N) is 2. The highest BCUT2D eigenvalue weighted by Gasteiger charge is 2.17. The van der Waals surface area contributed by atoms with E-state index in [1.54, 1.807) is 55.0 Å². The van der Waals surface area contributed by atoms with Crippen molar-refractivity contribution in [3.8, 4) is 17.2 Å². The first-order valence-corrected chi connectivity index (χ1v) is 9.58. The molecule has 0 aliphatic carbocycles. The minimum absolute atomic E-state index is 0.0996. The van der Waals surface area contributed by atoms with Crippen molar-refractivity contribution in [1.82, 2.24) is 4.98 Å². The third-order valence-electron chi connectivity index (χ3n) is 4.12. The van der Waals surface area contributed by atoms with Gasteiger partial charge in [-0.25, -0.2) is 4.98 Å². The molecule has 9 heteroatoms. The lowest BCUT2D eigenvalue weighted by Crippen LogP contribution is -2.15. The Morgan fingerprint density at radius 1 is 1.10 bits per heavy atom. The molecular formula is C20H17N3O5S. The fraction of sp³-hybridized carbons (Fsp3) is 0.150. The molecule has 4 rings (SSSR count). The number of methoxy groups -OCH3 is 1. The van der Waals surface area contributed by atoms with Crippen molar-refractivity contribution in [1.29, 1.82) is 0 Å². The Morgan fingerprint density at radius 2 is 1.90 bits per heavy atom. The van der Waals surface area contributed by atoms with Crippen LogP contribution in [0.25, 0.3) is 0 Å². The van der Waals surface area contributed by atoms with Gasteiger partial charge in [0.25, 0.3) is 5.91 Å². The summed E-state index contributed by atoms with van der Waals surface area (Å²) in [6.45, 7) is 0.148. The van der Waals surface area contributed by atoms with Crippen molar-refractivity contribution < 1.29 is 23.8 Å². The first-order valence-electron chi connectivity index (χ1n) is 8.70. The molecule has 29 heavy (non-hydrogen) atoms. The number of thiazole rings is 1. The highest BCUT2D eigenvalue weighted by Crippen LogP contribution is 2.32. The molecular weight excluding hydrogens is 394 g/mol. The molecule has 2 N–H and O–H groups in total. The SMILES string of the molecule is COc1ccc(NC(=O)Cc2csc(NC(=O)c3ccc4c(c3)OCO4)n2)cc1. The monoisotopic (exact) mass is 411 g/mol. The lowest BCUT2D eigenvalue weighted by molar-refractivity contribution is -0.115. The summed E-state index contributed by atoms with van der Waals surface area (Å²) in [4.78, 5) is 28.9. The molecule has 0 spiro atoms. The van der Waals surface area contributed by atoms with Gasteiger partial charge in [0.2, 0.25) is 12.7 Å². The van der Waals surface area contributed by atoms with Crippen molar-refractivity contribution in [2.24, 2.45) is 0 Å². The normalized spacial score (nSPS) is 11.8. The van der Waals surface area contributed by atoms with Crippen molar-refractivity contribution in [3.05, 3.63) is 59.1 Å². The van der Waals surface area contributed by atoms with Gasteiger partial charge in [-0.2, -0.15) is 0 Å². The molecule has 0 bridgehead atoms. The third-order valence-corrected chi connectivity index (χ3v) is 4.93. The zero-order chi connectivity index (χ0) is 20.2. The average Bonchev–Trinajstić information content (AvgIpc) is 3.37. The number of hydrogen-bond donors (Lipinski definition) is 2. The number of fused-ring (bicyclic) bond motifs is 1. The summed E-state index contributed by atoms with van der Waals surface area (Å²) < 4.78 is 15.6. The molecule has 1 aliphatic heterocycles. The predicted molar refractivity (Wildman–Crippen MR) is 108 cm³/mol. The van der Waals surface area contributed by atoms with Crippen LogP contribution in [-0.4, -0.2) is 30.7 Å². The van der Waals surface area contributed by atoms with Gasteiger partial charge in [-0.1, -0.05) is 0 Å². The van der Waals surface area contributed by atoms with E-state index >= 15 is 0 Å². The summed E-state index contributed by atoms with van der Waals surface area (Å²) in [6, 6.07) is 12.0. The number of ether oxygens (including phenoxy) is 3. The minimum atomic E-state index is -0.313. The predicted octanol–water partition coefficient (Wildman–Crippen LogP) is 3.31. The van der Waals surface area contributed by atoms with Gasteiger partial charge >= 0.3 is 0 Å². The molecule has 0 saturated heterocycles. The van der Waals surface area contributed by atoms with Gasteiger partial charge < -0.3 is 19.5 Å². The Morgan fingerprint density at radius 3 is 2.69 bits per heavy atom. The number of rotatable bonds is 6. The molecule has 2 amide bonds. The summed E-state index contributed by atoms with van der Waals surface area (Å²) in [6.07, 6.45) is 0.0996. The zero-order valence-electron chi connectivity index (χ0n) is 15.4. The van der Waals surface area contributed by atoms with Crippen LogP contribution in [-0.2, 0) is 11.2 Å². The smallest absolute Gasteiger partial charge is 0.257 e. The minimum Gasteiger partial charge on any atom is -0.497 e. The largest absolute Gasteiger partial charge is 0.497 e. The molecule has 0 fully saturated rings. The van der Waals surface area contributed by atoms with E-state index in [1.807, 2.05) is 0 Å². The Balaban J connectivity index is 1.34. The summed E-state index contributed by atoms with van der Waals surface area (Å²) in [5.74, 6) is 1.35. The van der Waals surface area contributed by atoms with E-state index in [0.29, 0.717) is 39.3 Å². The maximum atomic E-state index is 12.4. The molecule has 2 heterocycles. The summed E-state index contributed by atoms with van der Waals surface area (Å²) in [5, 5.41) is 7.69. The molecule has 0 radical (unpaired) electrons. The Hall–Kier alpha value is -3.59. The average molecular weight is 411 g/mol. The standard InChI is InChI=1S/C20H17N3O5S/c1-26-15-5-3-13(4-6-15)21-18(24)9-14-10-29-20(22-14)23-19(25)12-2-7-16-17(8-12)28-11-27-16/h2-8,10H,9,11H2,1H3,(H,21,24)(H,22,23,25). The van der Waals surface area contributed by atoms with E-state index in [0.717, 1.165) is 0 Å². The molecule has 3 aromatic rings. The van der Waals surface area contributed by atoms with E-state index in [4.69, 9.17) is 14.2 Å². The first kappa shape index (κ1) is 18.8. The van der Waals surface area contributed by atoms with Crippen LogP contribution in [0.1, 0.15) is 16.1 Å². The van der Waals surface area contributed by atoms with E-state index in [2.05, 4.69) is 15.6 Å². The third kappa shape index (κ3) is 4.46. The number of carbonyl (C=O) groups excluding carboxylic acids is 2. The second-order valence-corrected chi connectivity index (χ2v) is 6.98. The lowest BCUT2D eigenvalue weighted by atomic mass is 10.2. The Kier molecular flexibility index (Phi) is 5.30. The van der Waals surface area contributed by atoms with Crippen LogP contribution in [0, 0.1) is 0 Å². The fourth-order valence-corrected chi connectivity index (χ4v) is 3.40. The van der Waals surface area contributed by atoms with Gasteiger partial charge in [-0.05, 0) is 42.5 Å². The molecule has 1 aliphatic rings. The number of anilines is 2. The molecule has 0 saturated carbocycles. The Labute approximate surface area is 170 Å². The van der Waals surface area contributed by atoms with Crippen LogP contribution in [0.5, 0.6) is 17.2 Å². The van der Waals surface area contributed by atoms with Gasteiger partial charge in [0.15, 0.2) is 16.6 Å². The first-order chi connectivity index (χ1) is 14.1. The van der Waals surface area contributed by atoms with Gasteiger partial charge in [-0.15, -0.1) is 11.3 Å². The lowest BCUT2D eigenvalue weighted by Gasteiger charge is -2.05. The summed E-state index contributed by atoms with van der Waals surface area (Å²) >= 11 is 1.26. The van der Waals surface area contributed by atoms with Gasteiger partial charge in [-0.3, -0.25) is 14.9 Å².